The fourth-order valence-electron chi connectivity index (χ4n) is 2.28. The maximum atomic E-state index is 4.48. The molecular formula is C21H31N. The summed E-state index contributed by atoms with van der Waals surface area (Å²) in [5.74, 6) is 0. The maximum absolute atomic E-state index is 4.48. The zero-order chi connectivity index (χ0) is 17.2. The Bertz CT molecular complexity index is 534. The zero-order valence-electron chi connectivity index (χ0n) is 15.1. The third-order valence-electron chi connectivity index (χ3n) is 3.39. The molecule has 0 aliphatic heterocycles. The second kappa shape index (κ2) is 9.94. The van der Waals surface area contributed by atoms with Gasteiger partial charge < -0.3 is 0 Å². The van der Waals surface area contributed by atoms with Gasteiger partial charge in [0.2, 0.25) is 0 Å². The van der Waals surface area contributed by atoms with Crippen molar-refractivity contribution in [2.45, 2.75) is 41.0 Å². The first-order valence-electron chi connectivity index (χ1n) is 7.93. The van der Waals surface area contributed by atoms with Crippen LogP contribution in [0.25, 0.3) is 0 Å². The van der Waals surface area contributed by atoms with Crippen LogP contribution in [0.4, 0.5) is 0 Å². The molecule has 0 saturated carbocycles. The number of hydrogen-bond donors (Lipinski definition) is 0. The molecule has 1 heteroatoms. The molecule has 1 aliphatic carbocycles. The van der Waals surface area contributed by atoms with Crippen molar-refractivity contribution in [2.75, 3.05) is 7.05 Å². The molecule has 0 aromatic heterocycles. The first kappa shape index (κ1) is 20.1. The highest BCUT2D eigenvalue weighted by Gasteiger charge is 2.28. The predicted octanol–water partition coefficient (Wildman–Crippen LogP) is 6.24. The number of hydrogen-bond acceptors (Lipinski definition) is 1. The predicted molar refractivity (Wildman–Crippen MR) is 103 cm³/mol. The average Bonchev–Trinajstić information content (AvgIpc) is 2.77. The van der Waals surface area contributed by atoms with Crippen molar-refractivity contribution in [3.05, 3.63) is 72.4 Å². The molecule has 1 rings (SSSR count). The van der Waals surface area contributed by atoms with Crippen molar-refractivity contribution in [1.82, 2.24) is 0 Å². The third-order valence-corrected chi connectivity index (χ3v) is 3.39. The van der Waals surface area contributed by atoms with E-state index in [-0.39, 0.29) is 5.41 Å². The van der Waals surface area contributed by atoms with Gasteiger partial charge in [-0.2, -0.15) is 0 Å². The van der Waals surface area contributed by atoms with Gasteiger partial charge in [0.25, 0.3) is 0 Å². The van der Waals surface area contributed by atoms with Crippen LogP contribution in [0.1, 0.15) is 41.0 Å². The Hall–Kier alpha value is -1.89. The zero-order valence-corrected chi connectivity index (χ0v) is 15.1. The Morgan fingerprint density at radius 2 is 1.82 bits per heavy atom. The first-order chi connectivity index (χ1) is 10.4. The van der Waals surface area contributed by atoms with E-state index in [1.54, 1.807) is 0 Å². The van der Waals surface area contributed by atoms with Gasteiger partial charge in [0.15, 0.2) is 0 Å². The van der Waals surface area contributed by atoms with Gasteiger partial charge in [0, 0.05) is 12.5 Å². The fourth-order valence-corrected chi connectivity index (χ4v) is 2.28. The van der Waals surface area contributed by atoms with Crippen molar-refractivity contribution < 1.29 is 0 Å². The molecule has 0 unspecified atom stereocenters. The molecule has 0 heterocycles. The lowest BCUT2D eigenvalue weighted by molar-refractivity contribution is 0.643. The molecule has 0 atom stereocenters. The van der Waals surface area contributed by atoms with E-state index in [0.717, 1.165) is 23.3 Å². The topological polar surface area (TPSA) is 12.4 Å². The van der Waals surface area contributed by atoms with E-state index in [9.17, 15) is 0 Å². The minimum Gasteiger partial charge on any atom is -0.292 e. The van der Waals surface area contributed by atoms with Crippen molar-refractivity contribution >= 4 is 5.71 Å². The average molecular weight is 297 g/mol. The Morgan fingerprint density at radius 3 is 2.36 bits per heavy atom. The van der Waals surface area contributed by atoms with Crippen LogP contribution >= 0.6 is 0 Å². The van der Waals surface area contributed by atoms with Gasteiger partial charge in [0.1, 0.15) is 0 Å². The molecule has 0 N–H and O–H groups in total. The van der Waals surface area contributed by atoms with Crippen LogP contribution in [-0.2, 0) is 0 Å². The molecule has 0 aromatic rings. The van der Waals surface area contributed by atoms with Crippen LogP contribution < -0.4 is 0 Å². The van der Waals surface area contributed by atoms with E-state index in [2.05, 4.69) is 62.4 Å². The summed E-state index contributed by atoms with van der Waals surface area (Å²) in [6.45, 7) is 18.4. The van der Waals surface area contributed by atoms with Crippen LogP contribution in [0.15, 0.2) is 77.4 Å². The summed E-state index contributed by atoms with van der Waals surface area (Å²) in [5.41, 5.74) is 4.02. The lowest BCUT2D eigenvalue weighted by Gasteiger charge is -2.28. The van der Waals surface area contributed by atoms with Crippen LogP contribution in [-0.4, -0.2) is 12.8 Å². The summed E-state index contributed by atoms with van der Waals surface area (Å²) in [6, 6.07) is 0. The summed E-state index contributed by atoms with van der Waals surface area (Å²) >= 11 is 0. The molecule has 0 aromatic carbocycles. The van der Waals surface area contributed by atoms with Gasteiger partial charge in [-0.25, -0.2) is 0 Å². The molecule has 0 amide bonds. The quantitative estimate of drug-likeness (QED) is 0.420. The van der Waals surface area contributed by atoms with Crippen LogP contribution in [0.2, 0.25) is 0 Å². The normalized spacial score (nSPS) is 15.0. The highest BCUT2D eigenvalue weighted by molar-refractivity contribution is 6.07. The van der Waals surface area contributed by atoms with Gasteiger partial charge in [-0.05, 0) is 24.5 Å². The second-order valence-electron chi connectivity index (χ2n) is 5.59. The Labute approximate surface area is 137 Å². The van der Waals surface area contributed by atoms with Crippen LogP contribution in [0.3, 0.4) is 0 Å². The fraction of sp³-hybridized carbons (Fsp3) is 0.381. The molecule has 1 nitrogen and oxygen atoms in total. The minimum absolute atomic E-state index is 0.170. The largest absolute Gasteiger partial charge is 0.292 e. The Balaban J connectivity index is 0.00000211. The van der Waals surface area contributed by atoms with E-state index < -0.39 is 0 Å². The molecule has 22 heavy (non-hydrogen) atoms. The van der Waals surface area contributed by atoms with E-state index in [4.69, 9.17) is 0 Å². The van der Waals surface area contributed by atoms with E-state index in [1.165, 1.54) is 5.57 Å². The van der Waals surface area contributed by atoms with Crippen molar-refractivity contribution in [1.29, 1.82) is 0 Å². The van der Waals surface area contributed by atoms with Gasteiger partial charge in [-0.1, -0.05) is 89.0 Å². The van der Waals surface area contributed by atoms with Crippen molar-refractivity contribution in [3.8, 4) is 0 Å². The molecule has 1 aliphatic rings. The van der Waals surface area contributed by atoms with Gasteiger partial charge in [-0.3, -0.25) is 4.99 Å². The molecule has 0 radical (unpaired) electrons. The van der Waals surface area contributed by atoms with Crippen molar-refractivity contribution in [2.24, 2.45) is 10.4 Å². The van der Waals surface area contributed by atoms with Crippen LogP contribution in [0, 0.1) is 5.41 Å². The number of nitrogens with zero attached hydrogens (tertiary/aromatic N) is 1. The lowest BCUT2D eigenvalue weighted by atomic mass is 9.76. The van der Waals surface area contributed by atoms with Gasteiger partial charge >= 0.3 is 0 Å². The minimum atomic E-state index is -0.170. The van der Waals surface area contributed by atoms with E-state index in [0.29, 0.717) is 0 Å². The van der Waals surface area contributed by atoms with Crippen molar-refractivity contribution in [3.63, 3.8) is 0 Å². The Morgan fingerprint density at radius 1 is 1.18 bits per heavy atom. The third kappa shape index (κ3) is 5.85. The van der Waals surface area contributed by atoms with E-state index in [1.807, 2.05) is 40.0 Å². The maximum Gasteiger partial charge on any atom is 0.0511 e. The number of aliphatic imine (C=N–C) groups is 1. The smallest absolute Gasteiger partial charge is 0.0511 e. The standard InChI is InChI=1S/C19H25N.C2H6/c1-15(2)13-14-16(3)18(20-6)19(4,5)17-11-9-7-8-10-12-17;1-2/h7,9-14H,1,3,8H2,2,4-6H3;1-2H3/b14-13-,20-18?;. The summed E-state index contributed by atoms with van der Waals surface area (Å²) < 4.78 is 0. The highest BCUT2D eigenvalue weighted by atomic mass is 14.7. The van der Waals surface area contributed by atoms with Gasteiger partial charge in [-0.15, -0.1) is 0 Å². The monoisotopic (exact) mass is 297 g/mol. The summed E-state index contributed by atoms with van der Waals surface area (Å²) in [4.78, 5) is 4.48. The lowest BCUT2D eigenvalue weighted by Crippen LogP contribution is -2.27. The molecular weight excluding hydrogens is 266 g/mol. The number of allylic oxidation sites excluding steroid dienone is 10. The molecule has 0 bridgehead atoms. The molecule has 0 fully saturated rings. The van der Waals surface area contributed by atoms with Crippen LogP contribution in [0.5, 0.6) is 0 Å². The van der Waals surface area contributed by atoms with Gasteiger partial charge in [0.05, 0.1) is 5.71 Å². The second-order valence-corrected chi connectivity index (χ2v) is 5.59. The molecule has 120 valence electrons. The van der Waals surface area contributed by atoms with E-state index >= 15 is 0 Å². The highest BCUT2D eigenvalue weighted by Crippen LogP contribution is 2.33. The molecule has 0 saturated heterocycles. The summed E-state index contributed by atoms with van der Waals surface area (Å²) in [7, 11) is 1.83. The Kier molecular flexibility index (Phi) is 9.09. The summed E-state index contributed by atoms with van der Waals surface area (Å²) in [6.07, 6.45) is 15.7. The number of rotatable bonds is 5. The molecule has 0 spiro atoms. The first-order valence-corrected chi connectivity index (χ1v) is 7.93. The SMILES string of the molecule is C=C(C)/C=C\C(=C)C(=NC)C(C)(C)C1=CC=CCC=C1.CC. The summed E-state index contributed by atoms with van der Waals surface area (Å²) in [5, 5.41) is 0.